The molecule has 0 spiro atoms. The summed E-state index contributed by atoms with van der Waals surface area (Å²) in [4.78, 5) is 26.0. The first-order chi connectivity index (χ1) is 8.58. The van der Waals surface area contributed by atoms with Gasteiger partial charge in [0.25, 0.3) is 5.91 Å². The summed E-state index contributed by atoms with van der Waals surface area (Å²) in [5.74, 6) is -2.96. The minimum absolute atomic E-state index is 0.0714. The van der Waals surface area contributed by atoms with Crippen LogP contribution in [0.5, 0.6) is 0 Å². The average molecular weight is 254 g/mol. The minimum atomic E-state index is -1.02. The van der Waals surface area contributed by atoms with Gasteiger partial charge in [-0.2, -0.15) is 4.39 Å². The topological polar surface area (TPSA) is 88.5 Å². The van der Waals surface area contributed by atoms with Gasteiger partial charge in [0.15, 0.2) is 0 Å². The van der Waals surface area contributed by atoms with Crippen LogP contribution in [0.1, 0.15) is 10.4 Å². The van der Waals surface area contributed by atoms with Gasteiger partial charge in [0.05, 0.1) is 24.8 Å². The van der Waals surface area contributed by atoms with Crippen LogP contribution in [-0.4, -0.2) is 41.2 Å². The van der Waals surface area contributed by atoms with Crippen LogP contribution < -0.4 is 5.32 Å². The van der Waals surface area contributed by atoms with E-state index in [4.69, 9.17) is 9.84 Å². The van der Waals surface area contributed by atoms with Crippen molar-refractivity contribution in [1.82, 2.24) is 10.3 Å². The molecule has 2 unspecified atom stereocenters. The number of carboxylic acid groups (broad SMARTS) is 1. The summed E-state index contributed by atoms with van der Waals surface area (Å²) in [5.41, 5.74) is 0.174. The van der Waals surface area contributed by atoms with E-state index in [1.54, 1.807) is 0 Å². The van der Waals surface area contributed by atoms with Crippen molar-refractivity contribution in [2.24, 2.45) is 5.92 Å². The number of nitrogens with zero attached hydrogens (tertiary/aromatic N) is 1. The number of aromatic nitrogens is 1. The van der Waals surface area contributed by atoms with Gasteiger partial charge in [0.2, 0.25) is 5.95 Å². The molecule has 0 aromatic carbocycles. The molecule has 0 saturated carbocycles. The van der Waals surface area contributed by atoms with E-state index in [0.717, 1.165) is 12.3 Å². The van der Waals surface area contributed by atoms with Gasteiger partial charge in [-0.1, -0.05) is 0 Å². The molecule has 1 fully saturated rings. The molecule has 1 saturated heterocycles. The lowest BCUT2D eigenvalue weighted by Gasteiger charge is -2.15. The van der Waals surface area contributed by atoms with Crippen LogP contribution in [0.3, 0.4) is 0 Å². The quantitative estimate of drug-likeness (QED) is 0.744. The van der Waals surface area contributed by atoms with Crippen molar-refractivity contribution >= 4 is 11.9 Å². The molecule has 2 heterocycles. The van der Waals surface area contributed by atoms with Gasteiger partial charge in [-0.25, -0.2) is 4.98 Å². The van der Waals surface area contributed by atoms with Crippen LogP contribution in [0, 0.1) is 11.9 Å². The summed E-state index contributed by atoms with van der Waals surface area (Å²) >= 11 is 0. The summed E-state index contributed by atoms with van der Waals surface area (Å²) < 4.78 is 17.6. The molecule has 1 aliphatic heterocycles. The largest absolute Gasteiger partial charge is 0.481 e. The van der Waals surface area contributed by atoms with Gasteiger partial charge in [-0.05, 0) is 12.1 Å². The maximum atomic E-state index is 12.6. The van der Waals surface area contributed by atoms with Crippen LogP contribution in [-0.2, 0) is 9.53 Å². The van der Waals surface area contributed by atoms with Crippen molar-refractivity contribution in [3.63, 3.8) is 0 Å². The zero-order valence-corrected chi connectivity index (χ0v) is 9.30. The molecular formula is C11H11FN2O4. The Bertz CT molecular complexity index is 463. The number of halogens is 1. The maximum Gasteiger partial charge on any atom is 0.311 e. The van der Waals surface area contributed by atoms with Crippen LogP contribution in [0.25, 0.3) is 0 Å². The van der Waals surface area contributed by atoms with E-state index >= 15 is 0 Å². The normalized spacial score (nSPS) is 22.7. The van der Waals surface area contributed by atoms with E-state index in [-0.39, 0.29) is 18.8 Å². The third kappa shape index (κ3) is 2.62. The molecule has 1 amide bonds. The van der Waals surface area contributed by atoms with Crippen molar-refractivity contribution in [2.45, 2.75) is 6.04 Å². The number of nitrogens with one attached hydrogen (secondary N) is 1. The van der Waals surface area contributed by atoms with Gasteiger partial charge in [0, 0.05) is 6.20 Å². The molecule has 96 valence electrons. The number of aliphatic carboxylic acids is 1. The Balaban J connectivity index is 2.03. The minimum Gasteiger partial charge on any atom is -0.481 e. The smallest absolute Gasteiger partial charge is 0.311 e. The Hall–Kier alpha value is -2.02. The average Bonchev–Trinajstić information content (AvgIpc) is 2.78. The lowest BCUT2D eigenvalue weighted by molar-refractivity contribution is -0.142. The molecule has 6 nitrogen and oxygen atoms in total. The van der Waals surface area contributed by atoms with Gasteiger partial charge in [-0.15, -0.1) is 0 Å². The fraction of sp³-hybridized carbons (Fsp3) is 0.364. The summed E-state index contributed by atoms with van der Waals surface area (Å²) in [6.45, 7) is 0.222. The van der Waals surface area contributed by atoms with E-state index < -0.39 is 29.8 Å². The molecule has 2 atom stereocenters. The number of carbonyl (C=O) groups is 2. The Labute approximate surface area is 102 Å². The third-order valence-electron chi connectivity index (χ3n) is 2.70. The number of ether oxygens (including phenoxy) is 1. The highest BCUT2D eigenvalue weighted by atomic mass is 19.1. The van der Waals surface area contributed by atoms with Crippen LogP contribution in [0.15, 0.2) is 18.3 Å². The van der Waals surface area contributed by atoms with Crippen molar-refractivity contribution in [1.29, 1.82) is 0 Å². The zero-order chi connectivity index (χ0) is 13.1. The Kier molecular flexibility index (Phi) is 3.52. The molecule has 0 aliphatic carbocycles. The molecule has 1 aromatic heterocycles. The third-order valence-corrected chi connectivity index (χ3v) is 2.70. The first-order valence-electron chi connectivity index (χ1n) is 5.31. The molecule has 1 aliphatic rings. The summed E-state index contributed by atoms with van der Waals surface area (Å²) in [6, 6.07) is 1.76. The summed E-state index contributed by atoms with van der Waals surface area (Å²) in [7, 11) is 0. The van der Waals surface area contributed by atoms with Gasteiger partial charge in [0.1, 0.15) is 5.92 Å². The number of hydrogen-bond donors (Lipinski definition) is 2. The zero-order valence-electron chi connectivity index (χ0n) is 9.30. The second-order valence-electron chi connectivity index (χ2n) is 3.93. The summed E-state index contributed by atoms with van der Waals surface area (Å²) in [5, 5.41) is 11.4. The predicted octanol–water partition coefficient (Wildman–Crippen LogP) is 0.0501. The Morgan fingerprint density at radius 1 is 1.44 bits per heavy atom. The molecule has 1 aromatic rings. The fourth-order valence-corrected chi connectivity index (χ4v) is 1.70. The maximum absolute atomic E-state index is 12.6. The highest BCUT2D eigenvalue weighted by Crippen LogP contribution is 2.14. The molecular weight excluding hydrogens is 243 g/mol. The number of amides is 1. The van der Waals surface area contributed by atoms with E-state index in [1.165, 1.54) is 6.07 Å². The monoisotopic (exact) mass is 254 g/mol. The first kappa shape index (κ1) is 12.4. The van der Waals surface area contributed by atoms with Crippen molar-refractivity contribution in [3.8, 4) is 0 Å². The van der Waals surface area contributed by atoms with Gasteiger partial charge in [-0.3, -0.25) is 9.59 Å². The second-order valence-corrected chi connectivity index (χ2v) is 3.93. The number of hydrogen-bond acceptors (Lipinski definition) is 4. The Morgan fingerprint density at radius 2 is 2.22 bits per heavy atom. The molecule has 0 radical (unpaired) electrons. The van der Waals surface area contributed by atoms with Crippen molar-refractivity contribution in [3.05, 3.63) is 29.8 Å². The van der Waals surface area contributed by atoms with E-state index in [0.29, 0.717) is 0 Å². The van der Waals surface area contributed by atoms with Crippen molar-refractivity contribution in [2.75, 3.05) is 13.2 Å². The predicted molar refractivity (Wildman–Crippen MR) is 57.4 cm³/mol. The van der Waals surface area contributed by atoms with E-state index in [2.05, 4.69) is 10.3 Å². The summed E-state index contributed by atoms with van der Waals surface area (Å²) in [6.07, 6.45) is 1.09. The molecule has 18 heavy (non-hydrogen) atoms. The molecule has 7 heteroatoms. The molecule has 0 bridgehead atoms. The molecule has 2 rings (SSSR count). The Morgan fingerprint density at radius 3 is 2.83 bits per heavy atom. The fourth-order valence-electron chi connectivity index (χ4n) is 1.70. The van der Waals surface area contributed by atoms with E-state index in [1.807, 2.05) is 0 Å². The van der Waals surface area contributed by atoms with Crippen LogP contribution in [0.2, 0.25) is 0 Å². The molecule has 2 N–H and O–H groups in total. The number of pyridine rings is 1. The second kappa shape index (κ2) is 5.09. The van der Waals surface area contributed by atoms with Crippen LogP contribution >= 0.6 is 0 Å². The lowest BCUT2D eigenvalue weighted by Crippen LogP contribution is -2.42. The standard InChI is InChI=1S/C11H11FN2O4/c12-9-2-1-6(3-13-9)10(15)14-8-5-18-4-7(8)11(16)17/h1-3,7-8H,4-5H2,(H,14,15)(H,16,17). The number of rotatable bonds is 3. The number of carboxylic acids is 1. The highest BCUT2D eigenvalue weighted by Gasteiger charge is 2.35. The SMILES string of the molecule is O=C(NC1COCC1C(=O)O)c1ccc(F)nc1. The van der Waals surface area contributed by atoms with Gasteiger partial charge >= 0.3 is 5.97 Å². The highest BCUT2D eigenvalue weighted by molar-refractivity contribution is 5.94. The van der Waals surface area contributed by atoms with E-state index in [9.17, 15) is 14.0 Å². The first-order valence-corrected chi connectivity index (χ1v) is 5.31. The van der Waals surface area contributed by atoms with Crippen LogP contribution in [0.4, 0.5) is 4.39 Å². The van der Waals surface area contributed by atoms with Gasteiger partial charge < -0.3 is 15.2 Å². The lowest BCUT2D eigenvalue weighted by atomic mass is 10.0. The number of carbonyl (C=O) groups excluding carboxylic acids is 1. The van der Waals surface area contributed by atoms with Crippen molar-refractivity contribution < 1.29 is 23.8 Å².